The fourth-order valence-corrected chi connectivity index (χ4v) is 2.47. The van der Waals surface area contributed by atoms with Crippen molar-refractivity contribution < 1.29 is 14.3 Å². The van der Waals surface area contributed by atoms with E-state index in [1.807, 2.05) is 27.7 Å². The minimum absolute atomic E-state index is 0.100. The quantitative estimate of drug-likeness (QED) is 0.765. The van der Waals surface area contributed by atoms with Gasteiger partial charge >= 0.3 is 0 Å². The Labute approximate surface area is 115 Å². The van der Waals surface area contributed by atoms with Gasteiger partial charge in [-0.15, -0.1) is 0 Å². The molecular formula is C14H24N2O3. The first kappa shape index (κ1) is 15.9. The molecule has 1 aliphatic rings. The van der Waals surface area contributed by atoms with Crippen molar-refractivity contribution in [3.05, 3.63) is 0 Å². The average molecular weight is 268 g/mol. The van der Waals surface area contributed by atoms with Crippen LogP contribution in [0.2, 0.25) is 0 Å². The number of rotatable bonds is 5. The van der Waals surface area contributed by atoms with Crippen LogP contribution in [0, 0.1) is 11.3 Å². The number of nitriles is 1. The molecule has 5 nitrogen and oxygen atoms in total. The van der Waals surface area contributed by atoms with Crippen molar-refractivity contribution in [2.24, 2.45) is 0 Å². The van der Waals surface area contributed by atoms with Gasteiger partial charge in [0.05, 0.1) is 31.1 Å². The van der Waals surface area contributed by atoms with E-state index in [1.165, 1.54) is 0 Å². The molecule has 1 saturated heterocycles. The van der Waals surface area contributed by atoms with Gasteiger partial charge in [-0.05, 0) is 27.7 Å². The van der Waals surface area contributed by atoms with Crippen LogP contribution in [0.5, 0.6) is 0 Å². The fourth-order valence-electron chi connectivity index (χ4n) is 2.47. The van der Waals surface area contributed by atoms with Crippen molar-refractivity contribution in [1.29, 1.82) is 5.26 Å². The number of carbonyl (C=O) groups is 1. The number of hydrogen-bond acceptors (Lipinski definition) is 4. The molecule has 0 spiro atoms. The predicted octanol–water partition coefficient (Wildman–Crippen LogP) is 2.07. The van der Waals surface area contributed by atoms with Crippen LogP contribution in [0.4, 0.5) is 0 Å². The standard InChI is InChI=1S/C14H24N2O3/c1-5-16(6-2)13(17)10-12-9-11(7-8-15)18-14(3,4)19-12/h11-12H,5-7,9-10H2,1-4H3. The summed E-state index contributed by atoms with van der Waals surface area (Å²) in [7, 11) is 0. The van der Waals surface area contributed by atoms with Crippen molar-refractivity contribution in [3.8, 4) is 6.07 Å². The third-order valence-electron chi connectivity index (χ3n) is 3.26. The Hall–Kier alpha value is -1.12. The van der Waals surface area contributed by atoms with Gasteiger partial charge in [0.2, 0.25) is 5.91 Å². The van der Waals surface area contributed by atoms with Crippen LogP contribution in [0.15, 0.2) is 0 Å². The van der Waals surface area contributed by atoms with Crippen molar-refractivity contribution in [3.63, 3.8) is 0 Å². The molecule has 0 aromatic carbocycles. The van der Waals surface area contributed by atoms with Crippen LogP contribution < -0.4 is 0 Å². The maximum absolute atomic E-state index is 12.1. The number of amides is 1. The lowest BCUT2D eigenvalue weighted by Crippen LogP contribution is -2.46. The highest BCUT2D eigenvalue weighted by molar-refractivity contribution is 5.76. The van der Waals surface area contributed by atoms with Gasteiger partial charge in [0.25, 0.3) is 0 Å². The van der Waals surface area contributed by atoms with E-state index in [1.54, 1.807) is 4.90 Å². The maximum atomic E-state index is 12.1. The molecule has 1 aliphatic heterocycles. The first-order valence-electron chi connectivity index (χ1n) is 6.92. The minimum atomic E-state index is -0.728. The van der Waals surface area contributed by atoms with E-state index in [-0.39, 0.29) is 18.1 Å². The molecule has 19 heavy (non-hydrogen) atoms. The molecule has 0 aliphatic carbocycles. The highest BCUT2D eigenvalue weighted by Crippen LogP contribution is 2.29. The van der Waals surface area contributed by atoms with Gasteiger partial charge in [-0.1, -0.05) is 0 Å². The van der Waals surface area contributed by atoms with Gasteiger partial charge in [-0.25, -0.2) is 0 Å². The summed E-state index contributed by atoms with van der Waals surface area (Å²) < 4.78 is 11.5. The molecule has 0 aromatic rings. The fraction of sp³-hybridized carbons (Fsp3) is 0.857. The van der Waals surface area contributed by atoms with Crippen molar-refractivity contribution in [2.75, 3.05) is 13.1 Å². The van der Waals surface area contributed by atoms with E-state index < -0.39 is 5.79 Å². The van der Waals surface area contributed by atoms with Crippen LogP contribution in [-0.4, -0.2) is 41.9 Å². The van der Waals surface area contributed by atoms with Gasteiger partial charge < -0.3 is 14.4 Å². The normalized spacial score (nSPS) is 25.6. The van der Waals surface area contributed by atoms with Gasteiger partial charge in [0.15, 0.2) is 5.79 Å². The maximum Gasteiger partial charge on any atom is 0.225 e. The second-order valence-electron chi connectivity index (χ2n) is 5.25. The monoisotopic (exact) mass is 268 g/mol. The summed E-state index contributed by atoms with van der Waals surface area (Å²) in [5.74, 6) is -0.628. The lowest BCUT2D eigenvalue weighted by molar-refractivity contribution is -0.298. The van der Waals surface area contributed by atoms with E-state index in [9.17, 15) is 4.79 Å². The zero-order valence-electron chi connectivity index (χ0n) is 12.3. The summed E-state index contributed by atoms with van der Waals surface area (Å²) >= 11 is 0. The second kappa shape index (κ2) is 6.88. The summed E-state index contributed by atoms with van der Waals surface area (Å²) in [6, 6.07) is 2.12. The van der Waals surface area contributed by atoms with E-state index in [2.05, 4.69) is 6.07 Å². The SMILES string of the molecule is CCN(CC)C(=O)CC1CC(CC#N)OC(C)(C)O1. The molecule has 1 amide bonds. The third kappa shape index (κ3) is 4.81. The van der Waals surface area contributed by atoms with E-state index in [0.717, 1.165) is 0 Å². The topological polar surface area (TPSA) is 62.6 Å². The third-order valence-corrected chi connectivity index (χ3v) is 3.26. The smallest absolute Gasteiger partial charge is 0.225 e. The zero-order valence-corrected chi connectivity index (χ0v) is 12.3. The molecule has 0 radical (unpaired) electrons. The Kier molecular flexibility index (Phi) is 5.77. The summed E-state index contributed by atoms with van der Waals surface area (Å²) in [5.41, 5.74) is 0. The molecule has 0 N–H and O–H groups in total. The van der Waals surface area contributed by atoms with Gasteiger partial charge in [0.1, 0.15) is 0 Å². The molecule has 1 heterocycles. The van der Waals surface area contributed by atoms with Gasteiger partial charge in [0, 0.05) is 19.5 Å². The molecule has 2 unspecified atom stereocenters. The molecule has 108 valence electrons. The Balaban J connectivity index is 2.62. The summed E-state index contributed by atoms with van der Waals surface area (Å²) in [6.45, 7) is 9.01. The number of carbonyl (C=O) groups excluding carboxylic acids is 1. The Bertz CT molecular complexity index is 345. The number of hydrogen-bond donors (Lipinski definition) is 0. The Morgan fingerprint density at radius 1 is 1.32 bits per heavy atom. The van der Waals surface area contributed by atoms with E-state index in [0.29, 0.717) is 32.4 Å². The lowest BCUT2D eigenvalue weighted by atomic mass is 10.0. The molecule has 0 bridgehead atoms. The summed E-state index contributed by atoms with van der Waals surface area (Å²) in [6.07, 6.45) is 0.974. The first-order chi connectivity index (χ1) is 8.91. The zero-order chi connectivity index (χ0) is 14.5. The largest absolute Gasteiger partial charge is 0.347 e. The highest BCUT2D eigenvalue weighted by Gasteiger charge is 2.36. The highest BCUT2D eigenvalue weighted by atomic mass is 16.7. The van der Waals surface area contributed by atoms with Crippen LogP contribution in [0.25, 0.3) is 0 Å². The van der Waals surface area contributed by atoms with Crippen molar-refractivity contribution >= 4 is 5.91 Å². The second-order valence-corrected chi connectivity index (χ2v) is 5.25. The van der Waals surface area contributed by atoms with Gasteiger partial charge in [-0.2, -0.15) is 5.26 Å². The minimum Gasteiger partial charge on any atom is -0.347 e. The van der Waals surface area contributed by atoms with Crippen LogP contribution in [0.3, 0.4) is 0 Å². The number of ether oxygens (including phenoxy) is 2. The summed E-state index contributed by atoms with van der Waals surface area (Å²) in [4.78, 5) is 13.9. The molecule has 0 aromatic heterocycles. The molecular weight excluding hydrogens is 244 g/mol. The van der Waals surface area contributed by atoms with E-state index in [4.69, 9.17) is 14.7 Å². The van der Waals surface area contributed by atoms with Crippen LogP contribution >= 0.6 is 0 Å². The van der Waals surface area contributed by atoms with E-state index >= 15 is 0 Å². The molecule has 1 rings (SSSR count). The average Bonchev–Trinajstić information content (AvgIpc) is 2.28. The Morgan fingerprint density at radius 2 is 1.89 bits per heavy atom. The molecule has 1 fully saturated rings. The summed E-state index contributed by atoms with van der Waals surface area (Å²) in [5, 5.41) is 8.78. The van der Waals surface area contributed by atoms with Crippen molar-refractivity contribution in [1.82, 2.24) is 4.90 Å². The number of nitrogens with zero attached hydrogens (tertiary/aromatic N) is 2. The molecule has 0 saturated carbocycles. The predicted molar refractivity (Wildman–Crippen MR) is 71.2 cm³/mol. The van der Waals surface area contributed by atoms with Crippen LogP contribution in [-0.2, 0) is 14.3 Å². The molecule has 2 atom stereocenters. The van der Waals surface area contributed by atoms with Crippen molar-refractivity contribution in [2.45, 2.75) is 65.0 Å². The van der Waals surface area contributed by atoms with Gasteiger partial charge in [-0.3, -0.25) is 4.79 Å². The van der Waals surface area contributed by atoms with Crippen LogP contribution in [0.1, 0.15) is 47.0 Å². The first-order valence-corrected chi connectivity index (χ1v) is 6.92. The Morgan fingerprint density at radius 3 is 2.42 bits per heavy atom. The lowest BCUT2D eigenvalue weighted by Gasteiger charge is -2.40. The molecule has 5 heteroatoms.